The van der Waals surface area contributed by atoms with Gasteiger partial charge in [-0.05, 0) is 47.3 Å². The van der Waals surface area contributed by atoms with Crippen LogP contribution in [0.15, 0.2) is 53.4 Å². The quantitative estimate of drug-likeness (QED) is 0.685. The van der Waals surface area contributed by atoms with Crippen LogP contribution in [0.25, 0.3) is 11.1 Å². The zero-order valence-electron chi connectivity index (χ0n) is 11.6. The van der Waals surface area contributed by atoms with Gasteiger partial charge in [0, 0.05) is 18.0 Å². The Morgan fingerprint density at radius 2 is 1.24 bits per heavy atom. The number of nitrogens with zero attached hydrogens (tertiary/aromatic N) is 1. The highest BCUT2D eigenvalue weighted by molar-refractivity contribution is 7.97. The van der Waals surface area contributed by atoms with Crippen LogP contribution in [0.3, 0.4) is 0 Å². The fourth-order valence-corrected chi connectivity index (χ4v) is 2.84. The van der Waals surface area contributed by atoms with E-state index in [0.29, 0.717) is 13.1 Å². The Labute approximate surface area is 128 Å². The van der Waals surface area contributed by atoms with Gasteiger partial charge in [0.2, 0.25) is 0 Å². The molecule has 3 N–H and O–H groups in total. The van der Waals surface area contributed by atoms with Crippen molar-refractivity contribution in [3.05, 3.63) is 48.5 Å². The maximum atomic E-state index is 9.30. The van der Waals surface area contributed by atoms with E-state index in [0.717, 1.165) is 16.0 Å². The summed E-state index contributed by atoms with van der Waals surface area (Å²) < 4.78 is 1.93. The minimum atomic E-state index is 0.0680. The van der Waals surface area contributed by atoms with Crippen molar-refractivity contribution < 1.29 is 15.3 Å². The monoisotopic (exact) mass is 305 g/mol. The zero-order valence-corrected chi connectivity index (χ0v) is 12.5. The molecule has 4 nitrogen and oxygen atoms in total. The molecular formula is C16H19NO3S. The lowest BCUT2D eigenvalue weighted by molar-refractivity contribution is 0.226. The molecule has 5 heteroatoms. The molecule has 0 spiro atoms. The molecule has 0 saturated carbocycles. The predicted molar refractivity (Wildman–Crippen MR) is 85.1 cm³/mol. The molecule has 112 valence electrons. The van der Waals surface area contributed by atoms with Crippen LogP contribution in [0.5, 0.6) is 5.75 Å². The summed E-state index contributed by atoms with van der Waals surface area (Å²) >= 11 is 1.52. The van der Waals surface area contributed by atoms with Crippen molar-refractivity contribution in [1.82, 2.24) is 4.31 Å². The van der Waals surface area contributed by atoms with Crippen molar-refractivity contribution in [1.29, 1.82) is 0 Å². The number of rotatable bonds is 7. The summed E-state index contributed by atoms with van der Waals surface area (Å²) in [6, 6.07) is 15.1. The molecule has 0 aliphatic heterocycles. The molecule has 0 heterocycles. The van der Waals surface area contributed by atoms with E-state index in [9.17, 15) is 5.11 Å². The molecular weight excluding hydrogens is 286 g/mol. The fraction of sp³-hybridized carbons (Fsp3) is 0.250. The van der Waals surface area contributed by atoms with Crippen molar-refractivity contribution in [3.8, 4) is 16.9 Å². The third-order valence-electron chi connectivity index (χ3n) is 2.99. The van der Waals surface area contributed by atoms with Gasteiger partial charge in [-0.15, -0.1) is 0 Å². The summed E-state index contributed by atoms with van der Waals surface area (Å²) in [7, 11) is 0. The molecule has 21 heavy (non-hydrogen) atoms. The first-order chi connectivity index (χ1) is 10.2. The molecule has 0 unspecified atom stereocenters. The van der Waals surface area contributed by atoms with E-state index in [1.165, 1.54) is 11.9 Å². The molecule has 0 radical (unpaired) electrons. The second-order valence-corrected chi connectivity index (χ2v) is 5.71. The molecule has 2 aromatic carbocycles. The van der Waals surface area contributed by atoms with Crippen LogP contribution in [-0.4, -0.2) is 45.9 Å². The maximum Gasteiger partial charge on any atom is 0.115 e. The van der Waals surface area contributed by atoms with Gasteiger partial charge in [0.1, 0.15) is 5.75 Å². The highest BCUT2D eigenvalue weighted by atomic mass is 32.2. The predicted octanol–water partition coefficient (Wildman–Crippen LogP) is 2.35. The molecule has 0 fully saturated rings. The number of phenols is 1. The van der Waals surface area contributed by atoms with Crippen LogP contribution in [0.4, 0.5) is 0 Å². The Kier molecular flexibility index (Phi) is 6.07. The first kappa shape index (κ1) is 15.9. The third kappa shape index (κ3) is 4.75. The van der Waals surface area contributed by atoms with E-state index in [-0.39, 0.29) is 19.0 Å². The van der Waals surface area contributed by atoms with Crippen molar-refractivity contribution in [3.63, 3.8) is 0 Å². The second-order valence-electron chi connectivity index (χ2n) is 4.54. The standard InChI is InChI=1S/C16H19NO3S/c18-11-9-17(10-12-19)21-16-7-3-14(4-8-16)13-1-5-15(20)6-2-13/h1-8,18-20H,9-12H2. The normalized spacial score (nSPS) is 11.0. The van der Waals surface area contributed by atoms with Crippen LogP contribution < -0.4 is 0 Å². The maximum absolute atomic E-state index is 9.30. The molecule has 0 amide bonds. The lowest BCUT2D eigenvalue weighted by Gasteiger charge is -2.18. The van der Waals surface area contributed by atoms with E-state index in [4.69, 9.17) is 10.2 Å². The van der Waals surface area contributed by atoms with Gasteiger partial charge in [-0.1, -0.05) is 24.3 Å². The van der Waals surface area contributed by atoms with Crippen molar-refractivity contribution in [2.24, 2.45) is 0 Å². The number of benzene rings is 2. The highest BCUT2D eigenvalue weighted by Gasteiger charge is 2.06. The van der Waals surface area contributed by atoms with Gasteiger partial charge >= 0.3 is 0 Å². The molecule has 0 aromatic heterocycles. The Morgan fingerprint density at radius 3 is 1.71 bits per heavy atom. The lowest BCUT2D eigenvalue weighted by atomic mass is 10.1. The summed E-state index contributed by atoms with van der Waals surface area (Å²) in [5.41, 5.74) is 2.13. The third-order valence-corrected chi connectivity index (χ3v) is 4.09. The van der Waals surface area contributed by atoms with E-state index >= 15 is 0 Å². The van der Waals surface area contributed by atoms with Gasteiger partial charge < -0.3 is 15.3 Å². The first-order valence-electron chi connectivity index (χ1n) is 6.77. The molecule has 0 bridgehead atoms. The summed E-state index contributed by atoms with van der Waals surface area (Å²) in [5, 5.41) is 27.3. The largest absolute Gasteiger partial charge is 0.508 e. The zero-order chi connectivity index (χ0) is 15.1. The number of aliphatic hydroxyl groups is 2. The molecule has 2 aromatic rings. The topological polar surface area (TPSA) is 63.9 Å². The van der Waals surface area contributed by atoms with Gasteiger partial charge in [-0.2, -0.15) is 0 Å². The average Bonchev–Trinajstić information content (AvgIpc) is 2.49. The summed E-state index contributed by atoms with van der Waals surface area (Å²) in [4.78, 5) is 1.06. The van der Waals surface area contributed by atoms with Gasteiger partial charge in [0.05, 0.1) is 13.2 Å². The van der Waals surface area contributed by atoms with E-state index in [1.807, 2.05) is 40.7 Å². The van der Waals surface area contributed by atoms with E-state index in [1.54, 1.807) is 12.1 Å². The fourth-order valence-electron chi connectivity index (χ4n) is 1.94. The highest BCUT2D eigenvalue weighted by Crippen LogP contribution is 2.27. The SMILES string of the molecule is OCCN(CCO)Sc1ccc(-c2ccc(O)cc2)cc1. The van der Waals surface area contributed by atoms with Crippen LogP contribution in [0.2, 0.25) is 0 Å². The van der Waals surface area contributed by atoms with Crippen molar-refractivity contribution in [2.75, 3.05) is 26.3 Å². The van der Waals surface area contributed by atoms with Crippen LogP contribution in [0, 0.1) is 0 Å². The van der Waals surface area contributed by atoms with Gasteiger partial charge in [0.25, 0.3) is 0 Å². The molecule has 0 aliphatic carbocycles. The molecule has 2 rings (SSSR count). The van der Waals surface area contributed by atoms with Crippen molar-refractivity contribution in [2.45, 2.75) is 4.90 Å². The minimum Gasteiger partial charge on any atom is -0.508 e. The number of aliphatic hydroxyl groups excluding tert-OH is 2. The number of aromatic hydroxyl groups is 1. The Balaban J connectivity index is 2.05. The molecule has 0 saturated heterocycles. The van der Waals surface area contributed by atoms with Gasteiger partial charge in [-0.25, -0.2) is 4.31 Å². The lowest BCUT2D eigenvalue weighted by Crippen LogP contribution is -2.22. The number of hydrogen-bond donors (Lipinski definition) is 3. The van der Waals surface area contributed by atoms with Gasteiger partial charge in [-0.3, -0.25) is 0 Å². The number of hydrogen-bond acceptors (Lipinski definition) is 5. The van der Waals surface area contributed by atoms with E-state index in [2.05, 4.69) is 0 Å². The smallest absolute Gasteiger partial charge is 0.115 e. The van der Waals surface area contributed by atoms with Crippen LogP contribution in [0.1, 0.15) is 0 Å². The molecule has 0 atom stereocenters. The minimum absolute atomic E-state index is 0.0680. The second kappa shape index (κ2) is 8.05. The molecule has 0 aliphatic rings. The van der Waals surface area contributed by atoms with E-state index < -0.39 is 0 Å². The number of phenolic OH excluding ortho intramolecular Hbond substituents is 1. The van der Waals surface area contributed by atoms with Crippen molar-refractivity contribution >= 4 is 11.9 Å². The Morgan fingerprint density at radius 1 is 0.762 bits per heavy atom. The Bertz CT molecular complexity index is 536. The van der Waals surface area contributed by atoms with Crippen LogP contribution >= 0.6 is 11.9 Å². The average molecular weight is 305 g/mol. The van der Waals surface area contributed by atoms with Crippen LogP contribution in [-0.2, 0) is 0 Å². The van der Waals surface area contributed by atoms with Gasteiger partial charge in [0.15, 0.2) is 0 Å². The summed E-state index contributed by atoms with van der Waals surface area (Å²) in [6.07, 6.45) is 0. The first-order valence-corrected chi connectivity index (χ1v) is 7.54. The summed E-state index contributed by atoms with van der Waals surface area (Å²) in [5.74, 6) is 0.259. The Hall–Kier alpha value is -1.53. The summed E-state index contributed by atoms with van der Waals surface area (Å²) in [6.45, 7) is 1.17.